The topological polar surface area (TPSA) is 67.9 Å². The maximum atomic E-state index is 12.8. The summed E-state index contributed by atoms with van der Waals surface area (Å²) in [7, 11) is 1.52. The van der Waals surface area contributed by atoms with Crippen molar-refractivity contribution in [1.82, 2.24) is 5.43 Å². The minimum Gasteiger partial charge on any atom is -0.493 e. The van der Waals surface area contributed by atoms with Crippen LogP contribution >= 0.6 is 23.2 Å². The van der Waals surface area contributed by atoms with E-state index < -0.39 is 11.8 Å². The third-order valence-electron chi connectivity index (χ3n) is 4.78. The lowest BCUT2D eigenvalue weighted by Crippen LogP contribution is -2.35. The van der Waals surface area contributed by atoms with Crippen LogP contribution in [0, 0.1) is 0 Å². The van der Waals surface area contributed by atoms with Crippen LogP contribution in [-0.4, -0.2) is 18.9 Å². The van der Waals surface area contributed by atoms with Crippen LogP contribution in [0.15, 0.2) is 72.3 Å². The van der Waals surface area contributed by atoms with Crippen molar-refractivity contribution < 1.29 is 19.1 Å². The van der Waals surface area contributed by atoms with E-state index in [1.54, 1.807) is 54.6 Å². The molecule has 6 nitrogen and oxygen atoms in total. The second kappa shape index (κ2) is 9.34. The van der Waals surface area contributed by atoms with Crippen LogP contribution in [0.2, 0.25) is 10.0 Å². The number of carbonyl (C=O) groups is 2. The highest BCUT2D eigenvalue weighted by Gasteiger charge is 2.34. The Labute approximate surface area is 194 Å². The van der Waals surface area contributed by atoms with Crippen LogP contribution < -0.4 is 19.9 Å². The molecule has 8 heteroatoms. The molecular weight excluding hydrogens is 451 g/mol. The summed E-state index contributed by atoms with van der Waals surface area (Å²) < 4.78 is 11.3. The molecule has 0 spiro atoms. The third-order valence-corrected chi connectivity index (χ3v) is 5.52. The first-order valence-corrected chi connectivity index (χ1v) is 10.4. The van der Waals surface area contributed by atoms with Gasteiger partial charge in [0, 0.05) is 0 Å². The van der Waals surface area contributed by atoms with Crippen molar-refractivity contribution in [2.45, 2.75) is 6.61 Å². The minimum atomic E-state index is -0.474. The number of amides is 2. The molecule has 4 rings (SSSR count). The zero-order valence-electron chi connectivity index (χ0n) is 17.0. The number of carbonyl (C=O) groups excluding carboxylic acids is 2. The average molecular weight is 469 g/mol. The summed E-state index contributed by atoms with van der Waals surface area (Å²) in [6.45, 7) is 0.264. The largest absolute Gasteiger partial charge is 0.493 e. The number of methoxy groups -OCH3 is 1. The molecule has 0 aromatic heterocycles. The van der Waals surface area contributed by atoms with Crippen LogP contribution in [0.4, 0.5) is 5.69 Å². The van der Waals surface area contributed by atoms with E-state index in [-0.39, 0.29) is 12.2 Å². The number of hydrazine groups is 1. The molecule has 0 atom stereocenters. The molecule has 0 radical (unpaired) electrons. The Morgan fingerprint density at radius 2 is 1.72 bits per heavy atom. The highest BCUT2D eigenvalue weighted by Crippen LogP contribution is 2.31. The molecule has 0 aliphatic carbocycles. The van der Waals surface area contributed by atoms with E-state index in [1.807, 2.05) is 12.1 Å². The summed E-state index contributed by atoms with van der Waals surface area (Å²) in [6.07, 6.45) is 1.52. The van der Waals surface area contributed by atoms with E-state index in [1.165, 1.54) is 18.2 Å². The minimum absolute atomic E-state index is 0.0281. The van der Waals surface area contributed by atoms with Gasteiger partial charge >= 0.3 is 0 Å². The van der Waals surface area contributed by atoms with Gasteiger partial charge in [0.25, 0.3) is 11.8 Å². The number of para-hydroxylation sites is 1. The van der Waals surface area contributed by atoms with E-state index in [0.717, 1.165) is 5.56 Å². The van der Waals surface area contributed by atoms with Crippen molar-refractivity contribution >= 4 is 46.8 Å². The number of rotatable bonds is 6. The van der Waals surface area contributed by atoms with Gasteiger partial charge < -0.3 is 9.47 Å². The molecule has 0 bridgehead atoms. The maximum absolute atomic E-state index is 12.8. The van der Waals surface area contributed by atoms with E-state index >= 15 is 0 Å². The molecular formula is C24H18Cl2N2O4. The van der Waals surface area contributed by atoms with Gasteiger partial charge in [0.1, 0.15) is 12.2 Å². The van der Waals surface area contributed by atoms with Gasteiger partial charge in [0.15, 0.2) is 11.5 Å². The Kier molecular flexibility index (Phi) is 6.35. The summed E-state index contributed by atoms with van der Waals surface area (Å²) in [5.74, 6) is 0.0666. The monoisotopic (exact) mass is 468 g/mol. The van der Waals surface area contributed by atoms with Gasteiger partial charge in [-0.25, -0.2) is 5.01 Å². The highest BCUT2D eigenvalue weighted by molar-refractivity contribution is 6.42. The Morgan fingerprint density at radius 3 is 2.44 bits per heavy atom. The number of hydrogen-bond donors (Lipinski definition) is 1. The number of benzene rings is 3. The summed E-state index contributed by atoms with van der Waals surface area (Å²) in [5, 5.41) is 2.15. The van der Waals surface area contributed by atoms with Crippen LogP contribution in [0.5, 0.6) is 11.5 Å². The number of nitrogens with zero attached hydrogens (tertiary/aromatic N) is 1. The van der Waals surface area contributed by atoms with Crippen molar-refractivity contribution in [1.29, 1.82) is 0 Å². The summed E-state index contributed by atoms with van der Waals surface area (Å²) in [5.41, 5.74) is 4.66. The van der Waals surface area contributed by atoms with Crippen LogP contribution in [0.1, 0.15) is 11.1 Å². The molecule has 162 valence electrons. The molecule has 0 unspecified atom stereocenters. The fourth-order valence-corrected chi connectivity index (χ4v) is 3.49. The highest BCUT2D eigenvalue weighted by atomic mass is 35.5. The first-order valence-electron chi connectivity index (χ1n) is 9.63. The predicted octanol–water partition coefficient (Wildman–Crippen LogP) is 5.04. The smallest absolute Gasteiger partial charge is 0.282 e. The van der Waals surface area contributed by atoms with Gasteiger partial charge in [-0.3, -0.25) is 15.0 Å². The van der Waals surface area contributed by atoms with Crippen molar-refractivity contribution in [3.05, 3.63) is 93.5 Å². The van der Waals surface area contributed by atoms with Gasteiger partial charge in [0.05, 0.1) is 22.8 Å². The van der Waals surface area contributed by atoms with E-state index in [2.05, 4.69) is 5.43 Å². The maximum Gasteiger partial charge on any atom is 0.282 e. The molecule has 1 heterocycles. The van der Waals surface area contributed by atoms with E-state index in [0.29, 0.717) is 32.8 Å². The molecule has 1 aliphatic heterocycles. The van der Waals surface area contributed by atoms with E-state index in [9.17, 15) is 9.59 Å². The fourth-order valence-electron chi connectivity index (χ4n) is 3.17. The molecule has 1 fully saturated rings. The second-order valence-electron chi connectivity index (χ2n) is 6.92. The Balaban J connectivity index is 1.53. The quantitative estimate of drug-likeness (QED) is 0.406. The fraction of sp³-hybridized carbons (Fsp3) is 0.0833. The average Bonchev–Trinajstić information content (AvgIpc) is 3.09. The summed E-state index contributed by atoms with van der Waals surface area (Å²) in [6, 6.07) is 19.3. The number of hydrogen-bond acceptors (Lipinski definition) is 4. The first-order chi connectivity index (χ1) is 15.5. The zero-order chi connectivity index (χ0) is 22.7. The molecule has 1 N–H and O–H groups in total. The first kappa shape index (κ1) is 21.7. The molecule has 1 saturated heterocycles. The van der Waals surface area contributed by atoms with Crippen LogP contribution in [-0.2, 0) is 16.2 Å². The Hall–Kier alpha value is -3.48. The van der Waals surface area contributed by atoms with Crippen molar-refractivity contribution in [3.63, 3.8) is 0 Å². The van der Waals surface area contributed by atoms with Gasteiger partial charge in [-0.2, -0.15) is 0 Å². The van der Waals surface area contributed by atoms with E-state index in [4.69, 9.17) is 32.7 Å². The molecule has 32 heavy (non-hydrogen) atoms. The molecule has 2 amide bonds. The Morgan fingerprint density at radius 1 is 0.938 bits per heavy atom. The molecule has 3 aromatic rings. The zero-order valence-corrected chi connectivity index (χ0v) is 18.5. The lowest BCUT2D eigenvalue weighted by atomic mass is 10.1. The summed E-state index contributed by atoms with van der Waals surface area (Å²) >= 11 is 12.0. The number of ether oxygens (including phenoxy) is 2. The van der Waals surface area contributed by atoms with Crippen LogP contribution in [0.25, 0.3) is 6.08 Å². The summed E-state index contributed by atoms with van der Waals surface area (Å²) in [4.78, 5) is 25.1. The van der Waals surface area contributed by atoms with Gasteiger partial charge in [-0.05, 0) is 53.6 Å². The lowest BCUT2D eigenvalue weighted by Gasteiger charge is -2.14. The third kappa shape index (κ3) is 4.56. The predicted molar refractivity (Wildman–Crippen MR) is 124 cm³/mol. The van der Waals surface area contributed by atoms with Crippen LogP contribution in [0.3, 0.4) is 0 Å². The van der Waals surface area contributed by atoms with Crippen molar-refractivity contribution in [2.75, 3.05) is 12.1 Å². The standard InChI is InChI=1S/C24H18Cl2N2O4/c1-31-22-13-15(8-10-21(22)32-14-16-7-9-19(25)20(26)12-16)11-18-23(29)27-28(24(18)30)17-5-3-2-4-6-17/h2-13H,14H2,1H3,(H,27,29)/b18-11+. The second-order valence-corrected chi connectivity index (χ2v) is 7.74. The number of anilines is 1. The van der Waals surface area contributed by atoms with Gasteiger partial charge in [-0.1, -0.05) is 53.5 Å². The molecule has 1 aliphatic rings. The number of halogens is 2. The molecule has 0 saturated carbocycles. The molecule has 3 aromatic carbocycles. The SMILES string of the molecule is COc1cc(/C=C2\C(=O)NN(c3ccccc3)C2=O)ccc1OCc1ccc(Cl)c(Cl)c1. The number of nitrogens with one attached hydrogen (secondary N) is 1. The van der Waals surface area contributed by atoms with Gasteiger partial charge in [0.2, 0.25) is 0 Å². The Bertz CT molecular complexity index is 1210. The van der Waals surface area contributed by atoms with Crippen molar-refractivity contribution in [3.8, 4) is 11.5 Å². The van der Waals surface area contributed by atoms with Crippen molar-refractivity contribution in [2.24, 2.45) is 0 Å². The van der Waals surface area contributed by atoms with Gasteiger partial charge in [-0.15, -0.1) is 0 Å². The normalized spacial score (nSPS) is 14.6. The lowest BCUT2D eigenvalue weighted by molar-refractivity contribution is -0.117.